The Bertz CT molecular complexity index is 780. The Balaban J connectivity index is 1.39. The van der Waals surface area contributed by atoms with E-state index < -0.39 is 10.0 Å². The van der Waals surface area contributed by atoms with Crippen LogP contribution in [-0.2, 0) is 23.1 Å². The van der Waals surface area contributed by atoms with E-state index in [9.17, 15) is 8.42 Å². The fourth-order valence-electron chi connectivity index (χ4n) is 3.29. The van der Waals surface area contributed by atoms with Crippen molar-refractivity contribution in [1.29, 1.82) is 0 Å². The van der Waals surface area contributed by atoms with Crippen molar-refractivity contribution in [3.05, 3.63) is 42.1 Å². The zero-order valence-electron chi connectivity index (χ0n) is 13.5. The minimum absolute atomic E-state index is 0.167. The van der Waals surface area contributed by atoms with Crippen LogP contribution in [0.5, 0.6) is 0 Å². The molecule has 0 bridgehead atoms. The van der Waals surface area contributed by atoms with Gasteiger partial charge in [0.2, 0.25) is 10.0 Å². The van der Waals surface area contributed by atoms with Gasteiger partial charge in [-0.25, -0.2) is 13.1 Å². The molecule has 130 valence electrons. The van der Waals surface area contributed by atoms with Crippen LogP contribution in [0.25, 0.3) is 0 Å². The van der Waals surface area contributed by atoms with E-state index in [0.29, 0.717) is 6.54 Å². The number of hydrogen-bond acceptors (Lipinski definition) is 5. The fraction of sp³-hybridized carbons (Fsp3) is 0.562. The summed E-state index contributed by atoms with van der Waals surface area (Å²) in [5.74, 6) is 0.941. The minimum atomic E-state index is -3.11. The highest BCUT2D eigenvalue weighted by Gasteiger charge is 2.35. The molecule has 2 aromatic rings. The largest absolute Gasteiger partial charge is 0.468 e. The van der Waals surface area contributed by atoms with Crippen molar-refractivity contribution in [1.82, 2.24) is 19.4 Å². The van der Waals surface area contributed by atoms with Crippen LogP contribution in [0.15, 0.2) is 35.1 Å². The molecular formula is C16H22N4O3S. The molecule has 0 saturated heterocycles. The summed E-state index contributed by atoms with van der Waals surface area (Å²) in [6.07, 6.45) is 5.81. The van der Waals surface area contributed by atoms with Crippen molar-refractivity contribution in [2.75, 3.05) is 13.1 Å². The molecule has 2 aromatic heterocycles. The highest BCUT2D eigenvalue weighted by atomic mass is 32.2. The summed E-state index contributed by atoms with van der Waals surface area (Å²) >= 11 is 0. The van der Waals surface area contributed by atoms with Crippen LogP contribution < -0.4 is 4.72 Å². The molecule has 1 fully saturated rings. The second-order valence-corrected chi connectivity index (χ2v) is 8.64. The maximum Gasteiger partial charge on any atom is 0.214 e. The van der Waals surface area contributed by atoms with Crippen LogP contribution in [0.2, 0.25) is 0 Å². The highest BCUT2D eigenvalue weighted by Crippen LogP contribution is 2.28. The van der Waals surface area contributed by atoms with Crippen LogP contribution in [-0.4, -0.2) is 41.4 Å². The number of nitrogens with one attached hydrogen (secondary N) is 1. The predicted octanol–water partition coefficient (Wildman–Crippen LogP) is 1.50. The summed E-state index contributed by atoms with van der Waals surface area (Å²) in [5.41, 5.74) is 1.16. The van der Waals surface area contributed by atoms with Gasteiger partial charge in [0.05, 0.1) is 29.8 Å². The van der Waals surface area contributed by atoms with Gasteiger partial charge >= 0.3 is 0 Å². The van der Waals surface area contributed by atoms with Crippen molar-refractivity contribution in [2.45, 2.75) is 43.6 Å². The lowest BCUT2D eigenvalue weighted by atomic mass is 10.1. The molecule has 8 heteroatoms. The monoisotopic (exact) mass is 350 g/mol. The molecule has 1 atom stereocenters. The molecule has 4 rings (SSSR count). The third-order valence-corrected chi connectivity index (χ3v) is 6.61. The van der Waals surface area contributed by atoms with Crippen LogP contribution in [0.4, 0.5) is 0 Å². The number of furan rings is 1. The molecule has 7 nitrogen and oxygen atoms in total. The topological polar surface area (TPSA) is 80.4 Å². The molecule has 1 unspecified atom stereocenters. The van der Waals surface area contributed by atoms with Gasteiger partial charge in [0.15, 0.2) is 0 Å². The standard InChI is InChI=1S/C16H22N4O3S/c21-24(22,16-3-4-16)18-8-6-14-11-19(12-15-2-1-9-23-15)10-13-5-7-17-20(13)14/h1-2,5,7,9,14,16,18H,3-4,6,8,10-12H2. The van der Waals surface area contributed by atoms with Crippen molar-refractivity contribution in [3.63, 3.8) is 0 Å². The van der Waals surface area contributed by atoms with Crippen molar-refractivity contribution >= 4 is 10.0 Å². The van der Waals surface area contributed by atoms with Gasteiger partial charge in [0, 0.05) is 25.8 Å². The minimum Gasteiger partial charge on any atom is -0.468 e. The van der Waals surface area contributed by atoms with Crippen molar-refractivity contribution in [2.24, 2.45) is 0 Å². The summed E-state index contributed by atoms with van der Waals surface area (Å²) in [6.45, 7) is 2.87. The van der Waals surface area contributed by atoms with Gasteiger partial charge in [0.1, 0.15) is 5.76 Å². The molecule has 1 aliphatic carbocycles. The van der Waals surface area contributed by atoms with Gasteiger partial charge in [-0.2, -0.15) is 5.10 Å². The summed E-state index contributed by atoms with van der Waals surface area (Å²) in [5, 5.41) is 4.25. The fourth-order valence-corrected chi connectivity index (χ4v) is 4.68. The second kappa shape index (κ2) is 6.34. The van der Waals surface area contributed by atoms with E-state index in [1.165, 1.54) is 0 Å². The first kappa shape index (κ1) is 15.9. The lowest BCUT2D eigenvalue weighted by Gasteiger charge is -2.33. The van der Waals surface area contributed by atoms with Gasteiger partial charge in [-0.15, -0.1) is 0 Å². The van der Waals surface area contributed by atoms with Gasteiger partial charge in [-0.3, -0.25) is 9.58 Å². The SMILES string of the molecule is O=S(=O)(NCCC1CN(Cc2ccco2)Cc2ccnn21)C1CC1. The van der Waals surface area contributed by atoms with E-state index in [4.69, 9.17) is 4.42 Å². The van der Waals surface area contributed by atoms with Gasteiger partial charge in [0.25, 0.3) is 0 Å². The molecule has 3 heterocycles. The Hall–Kier alpha value is -1.64. The number of hydrogen-bond donors (Lipinski definition) is 1. The molecule has 2 aliphatic rings. The van der Waals surface area contributed by atoms with E-state index in [1.54, 1.807) is 6.26 Å². The smallest absolute Gasteiger partial charge is 0.214 e. The summed E-state index contributed by atoms with van der Waals surface area (Å²) in [6, 6.07) is 6.06. The van der Waals surface area contributed by atoms with E-state index in [-0.39, 0.29) is 11.3 Å². The van der Waals surface area contributed by atoms with Gasteiger partial charge in [-0.05, 0) is 37.5 Å². The maximum absolute atomic E-state index is 11.9. The van der Waals surface area contributed by atoms with Gasteiger partial charge in [-0.1, -0.05) is 0 Å². The number of sulfonamides is 1. The van der Waals surface area contributed by atoms with E-state index in [0.717, 1.165) is 50.4 Å². The molecule has 24 heavy (non-hydrogen) atoms. The second-order valence-electron chi connectivity index (χ2n) is 6.60. The van der Waals surface area contributed by atoms with E-state index in [2.05, 4.69) is 14.7 Å². The Kier molecular flexibility index (Phi) is 4.19. The average Bonchev–Trinajstić information content (AvgIpc) is 3.11. The summed E-state index contributed by atoms with van der Waals surface area (Å²) in [7, 11) is -3.11. The first-order valence-corrected chi connectivity index (χ1v) is 9.92. The predicted molar refractivity (Wildman–Crippen MR) is 88.6 cm³/mol. The molecule has 0 spiro atoms. The van der Waals surface area contributed by atoms with Crippen LogP contribution in [0.1, 0.15) is 36.8 Å². The van der Waals surface area contributed by atoms with E-state index in [1.807, 2.05) is 29.1 Å². The zero-order chi connectivity index (χ0) is 16.6. The third-order valence-electron chi connectivity index (χ3n) is 4.66. The van der Waals surface area contributed by atoms with Crippen LogP contribution >= 0.6 is 0 Å². The Morgan fingerprint density at radius 2 is 2.21 bits per heavy atom. The molecule has 0 amide bonds. The number of rotatable bonds is 7. The van der Waals surface area contributed by atoms with E-state index >= 15 is 0 Å². The zero-order valence-corrected chi connectivity index (χ0v) is 14.3. The molecular weight excluding hydrogens is 328 g/mol. The quantitative estimate of drug-likeness (QED) is 0.819. The highest BCUT2D eigenvalue weighted by molar-refractivity contribution is 7.90. The van der Waals surface area contributed by atoms with Crippen molar-refractivity contribution < 1.29 is 12.8 Å². The van der Waals surface area contributed by atoms with Crippen LogP contribution in [0.3, 0.4) is 0 Å². The summed E-state index contributed by atoms with van der Waals surface area (Å²) < 4.78 is 34.1. The molecule has 0 radical (unpaired) electrons. The first-order chi connectivity index (χ1) is 11.6. The average molecular weight is 350 g/mol. The molecule has 0 aromatic carbocycles. The lowest BCUT2D eigenvalue weighted by molar-refractivity contribution is 0.152. The third kappa shape index (κ3) is 3.40. The Morgan fingerprint density at radius 1 is 1.33 bits per heavy atom. The van der Waals surface area contributed by atoms with Crippen molar-refractivity contribution in [3.8, 4) is 0 Å². The van der Waals surface area contributed by atoms with Gasteiger partial charge < -0.3 is 4.42 Å². The molecule has 1 N–H and O–H groups in total. The number of nitrogens with zero attached hydrogens (tertiary/aromatic N) is 3. The molecule has 1 aliphatic heterocycles. The Labute approximate surface area is 141 Å². The normalized spacial score (nSPS) is 21.8. The lowest BCUT2D eigenvalue weighted by Crippen LogP contribution is -2.39. The first-order valence-electron chi connectivity index (χ1n) is 8.37. The number of fused-ring (bicyclic) bond motifs is 1. The molecule has 1 saturated carbocycles. The van der Waals surface area contributed by atoms with Crippen LogP contribution in [0, 0.1) is 0 Å². The maximum atomic E-state index is 11.9. The summed E-state index contributed by atoms with van der Waals surface area (Å²) in [4.78, 5) is 2.32. The Morgan fingerprint density at radius 3 is 2.96 bits per heavy atom. The number of aromatic nitrogens is 2.